The van der Waals surface area contributed by atoms with Crippen molar-refractivity contribution in [2.75, 3.05) is 0 Å². The Bertz CT molecular complexity index is 619. The molecular formula is C24H33NO2. The van der Waals surface area contributed by atoms with Crippen LogP contribution in [0.15, 0.2) is 36.4 Å². The highest BCUT2D eigenvalue weighted by Crippen LogP contribution is 2.30. The van der Waals surface area contributed by atoms with Crippen LogP contribution in [0.3, 0.4) is 0 Å². The molecule has 0 radical (unpaired) electrons. The van der Waals surface area contributed by atoms with Crippen molar-refractivity contribution < 1.29 is 9.53 Å². The van der Waals surface area contributed by atoms with Crippen LogP contribution in [0, 0.1) is 17.2 Å². The number of hydrogen-bond donors (Lipinski definition) is 0. The monoisotopic (exact) mass is 367 g/mol. The van der Waals surface area contributed by atoms with Crippen LogP contribution in [0.4, 0.5) is 0 Å². The highest BCUT2D eigenvalue weighted by atomic mass is 16.5. The van der Waals surface area contributed by atoms with Gasteiger partial charge in [-0.1, -0.05) is 44.4 Å². The second-order valence-electron chi connectivity index (χ2n) is 7.66. The van der Waals surface area contributed by atoms with E-state index in [2.05, 4.69) is 19.1 Å². The van der Waals surface area contributed by atoms with E-state index in [1.807, 2.05) is 24.3 Å². The summed E-state index contributed by atoms with van der Waals surface area (Å²) in [6, 6.07) is 9.97. The van der Waals surface area contributed by atoms with Gasteiger partial charge in [0.05, 0.1) is 11.6 Å². The van der Waals surface area contributed by atoms with Crippen molar-refractivity contribution >= 4 is 5.97 Å². The Balaban J connectivity index is 1.69. The molecule has 0 heterocycles. The van der Waals surface area contributed by atoms with E-state index in [-0.39, 0.29) is 12.1 Å². The smallest absolute Gasteiger partial charge is 0.338 e. The molecule has 0 unspecified atom stereocenters. The van der Waals surface area contributed by atoms with E-state index in [1.165, 1.54) is 31.2 Å². The third kappa shape index (κ3) is 7.99. The van der Waals surface area contributed by atoms with Gasteiger partial charge in [0.2, 0.25) is 0 Å². The number of unbranched alkanes of at least 4 members (excludes halogenated alkanes) is 3. The summed E-state index contributed by atoms with van der Waals surface area (Å²) < 4.78 is 5.73. The van der Waals surface area contributed by atoms with E-state index in [1.54, 1.807) is 6.08 Å². The minimum absolute atomic E-state index is 0.0529. The number of esters is 1. The van der Waals surface area contributed by atoms with Crippen LogP contribution in [-0.4, -0.2) is 12.1 Å². The summed E-state index contributed by atoms with van der Waals surface area (Å²) in [5.74, 6) is 0.503. The normalized spacial score (nSPS) is 19.7. The average molecular weight is 368 g/mol. The summed E-state index contributed by atoms with van der Waals surface area (Å²) in [6.45, 7) is 2.22. The van der Waals surface area contributed by atoms with E-state index in [0.29, 0.717) is 11.5 Å². The molecule has 146 valence electrons. The van der Waals surface area contributed by atoms with E-state index in [4.69, 9.17) is 10.00 Å². The first kappa shape index (κ1) is 21.2. The Kier molecular flexibility index (Phi) is 9.69. The molecule has 0 spiro atoms. The maximum absolute atomic E-state index is 12.4. The predicted octanol–water partition coefficient (Wildman–Crippen LogP) is 6.38. The maximum Gasteiger partial charge on any atom is 0.338 e. The topological polar surface area (TPSA) is 50.1 Å². The Morgan fingerprint density at radius 3 is 2.56 bits per heavy atom. The first-order chi connectivity index (χ1) is 13.2. The number of nitrogens with zero attached hydrogens (tertiary/aromatic N) is 1. The molecule has 27 heavy (non-hydrogen) atoms. The van der Waals surface area contributed by atoms with Gasteiger partial charge in [-0.2, -0.15) is 5.26 Å². The van der Waals surface area contributed by atoms with E-state index in [0.717, 1.165) is 44.9 Å². The minimum atomic E-state index is -0.187. The molecule has 3 heteroatoms. The highest BCUT2D eigenvalue weighted by Gasteiger charge is 2.23. The number of nitriles is 1. The van der Waals surface area contributed by atoms with Gasteiger partial charge in [-0.3, -0.25) is 0 Å². The number of allylic oxidation sites excluding steroid dienone is 2. The first-order valence-corrected chi connectivity index (χ1v) is 10.6. The third-order valence-corrected chi connectivity index (χ3v) is 5.51. The molecule has 0 aromatic heterocycles. The SMILES string of the molecule is CCCCCCc1ccc(C(=O)OC2CCC(CCC=CC#N)CC2)cc1. The second-order valence-corrected chi connectivity index (χ2v) is 7.66. The van der Waals surface area contributed by atoms with Crippen molar-refractivity contribution in [1.82, 2.24) is 0 Å². The average Bonchev–Trinajstić information content (AvgIpc) is 2.70. The van der Waals surface area contributed by atoms with Crippen LogP contribution in [0.2, 0.25) is 0 Å². The summed E-state index contributed by atoms with van der Waals surface area (Å²) in [5, 5.41) is 8.50. The number of hydrogen-bond acceptors (Lipinski definition) is 3. The first-order valence-electron chi connectivity index (χ1n) is 10.6. The van der Waals surface area contributed by atoms with Crippen molar-refractivity contribution in [3.05, 3.63) is 47.5 Å². The zero-order chi connectivity index (χ0) is 19.3. The molecule has 0 saturated heterocycles. The lowest BCUT2D eigenvalue weighted by Crippen LogP contribution is -2.24. The quantitative estimate of drug-likeness (QED) is 0.274. The standard InChI is InChI=1S/C24H33NO2/c1-2-3-4-6-9-20-11-15-22(16-12-20)24(26)27-23-17-13-21(14-18-23)10-7-5-8-19-25/h5,8,11-12,15-16,21,23H,2-4,6-7,9-10,13-14,17-18H2,1H3. The van der Waals surface area contributed by atoms with E-state index < -0.39 is 0 Å². The molecule has 0 N–H and O–H groups in total. The Labute approximate surface area is 164 Å². The number of carbonyl (C=O) groups is 1. The summed E-state index contributed by atoms with van der Waals surface area (Å²) >= 11 is 0. The van der Waals surface area contributed by atoms with Gasteiger partial charge >= 0.3 is 5.97 Å². The molecule has 1 saturated carbocycles. The summed E-state index contributed by atoms with van der Waals surface area (Å²) in [5.41, 5.74) is 1.96. The highest BCUT2D eigenvalue weighted by molar-refractivity contribution is 5.89. The molecule has 2 rings (SSSR count). The van der Waals surface area contributed by atoms with Gasteiger partial charge in [-0.25, -0.2) is 4.79 Å². The van der Waals surface area contributed by atoms with Gasteiger partial charge in [-0.15, -0.1) is 0 Å². The van der Waals surface area contributed by atoms with Crippen molar-refractivity contribution in [2.24, 2.45) is 5.92 Å². The van der Waals surface area contributed by atoms with Crippen molar-refractivity contribution in [3.8, 4) is 6.07 Å². The van der Waals surface area contributed by atoms with Gasteiger partial charge < -0.3 is 4.74 Å². The van der Waals surface area contributed by atoms with Crippen molar-refractivity contribution in [1.29, 1.82) is 5.26 Å². The van der Waals surface area contributed by atoms with Gasteiger partial charge in [0.25, 0.3) is 0 Å². The lowest BCUT2D eigenvalue weighted by atomic mass is 9.84. The fourth-order valence-corrected chi connectivity index (χ4v) is 3.79. The van der Waals surface area contributed by atoms with Crippen molar-refractivity contribution in [2.45, 2.75) is 83.7 Å². The number of aryl methyl sites for hydroxylation is 1. The Hall–Kier alpha value is -2.08. The predicted molar refractivity (Wildman–Crippen MR) is 109 cm³/mol. The summed E-state index contributed by atoms with van der Waals surface area (Å²) in [6.07, 6.45) is 15.9. The van der Waals surface area contributed by atoms with Crippen molar-refractivity contribution in [3.63, 3.8) is 0 Å². The van der Waals surface area contributed by atoms with Crippen LogP contribution < -0.4 is 0 Å². The zero-order valence-electron chi connectivity index (χ0n) is 16.7. The fourth-order valence-electron chi connectivity index (χ4n) is 3.79. The summed E-state index contributed by atoms with van der Waals surface area (Å²) in [4.78, 5) is 12.4. The summed E-state index contributed by atoms with van der Waals surface area (Å²) in [7, 11) is 0. The number of ether oxygens (including phenoxy) is 1. The minimum Gasteiger partial charge on any atom is -0.459 e. The maximum atomic E-state index is 12.4. The van der Waals surface area contributed by atoms with Crippen LogP contribution in [0.25, 0.3) is 0 Å². The molecule has 1 aliphatic rings. The van der Waals surface area contributed by atoms with Gasteiger partial charge in [0.15, 0.2) is 0 Å². The van der Waals surface area contributed by atoms with Crippen LogP contribution in [-0.2, 0) is 11.2 Å². The lowest BCUT2D eigenvalue weighted by molar-refractivity contribution is 0.0162. The fraction of sp³-hybridized carbons (Fsp3) is 0.583. The molecule has 1 aromatic rings. The van der Waals surface area contributed by atoms with Gasteiger partial charge in [0, 0.05) is 6.08 Å². The molecule has 0 amide bonds. The van der Waals surface area contributed by atoms with Crippen LogP contribution >= 0.6 is 0 Å². The lowest BCUT2D eigenvalue weighted by Gasteiger charge is -2.28. The third-order valence-electron chi connectivity index (χ3n) is 5.51. The van der Waals surface area contributed by atoms with Crippen LogP contribution in [0.1, 0.15) is 87.1 Å². The second kappa shape index (κ2) is 12.3. The molecule has 0 aliphatic heterocycles. The molecule has 0 bridgehead atoms. The van der Waals surface area contributed by atoms with E-state index >= 15 is 0 Å². The number of rotatable bonds is 10. The largest absolute Gasteiger partial charge is 0.459 e. The number of benzene rings is 1. The molecule has 1 fully saturated rings. The Morgan fingerprint density at radius 1 is 1.15 bits per heavy atom. The number of carbonyl (C=O) groups excluding carboxylic acids is 1. The Morgan fingerprint density at radius 2 is 1.89 bits per heavy atom. The van der Waals surface area contributed by atoms with E-state index in [9.17, 15) is 4.79 Å². The molecule has 0 atom stereocenters. The van der Waals surface area contributed by atoms with Gasteiger partial charge in [-0.05, 0) is 75.0 Å². The van der Waals surface area contributed by atoms with Gasteiger partial charge in [0.1, 0.15) is 6.10 Å². The molecule has 1 aliphatic carbocycles. The van der Waals surface area contributed by atoms with Crippen LogP contribution in [0.5, 0.6) is 0 Å². The molecule has 3 nitrogen and oxygen atoms in total. The molecule has 1 aromatic carbocycles. The molecular weight excluding hydrogens is 334 g/mol. The zero-order valence-corrected chi connectivity index (χ0v) is 16.7.